The van der Waals surface area contributed by atoms with Gasteiger partial charge in [0, 0.05) is 18.2 Å². The molecule has 1 unspecified atom stereocenters. The summed E-state index contributed by atoms with van der Waals surface area (Å²) in [6, 6.07) is 3.53. The van der Waals surface area contributed by atoms with Crippen LogP contribution >= 0.6 is 0 Å². The molecule has 0 aliphatic heterocycles. The summed E-state index contributed by atoms with van der Waals surface area (Å²) in [4.78, 5) is 27.8. The number of pyridine rings is 1. The van der Waals surface area contributed by atoms with Gasteiger partial charge in [-0.1, -0.05) is 0 Å². The molecular formula is C13H15NO3. The van der Waals surface area contributed by atoms with Crippen LogP contribution in [0.2, 0.25) is 0 Å². The third-order valence-electron chi connectivity index (χ3n) is 2.97. The van der Waals surface area contributed by atoms with Crippen molar-refractivity contribution in [1.29, 1.82) is 0 Å². The van der Waals surface area contributed by atoms with Crippen molar-refractivity contribution in [3.8, 4) is 0 Å². The Morgan fingerprint density at radius 3 is 3.18 bits per heavy atom. The second-order valence-electron chi connectivity index (χ2n) is 4.11. The summed E-state index contributed by atoms with van der Waals surface area (Å²) in [5, 5.41) is 0. The average Bonchev–Trinajstić information content (AvgIpc) is 2.50. The minimum Gasteiger partial charge on any atom is -0.466 e. The molecule has 1 atom stereocenters. The van der Waals surface area contributed by atoms with Crippen LogP contribution in [0.25, 0.3) is 0 Å². The normalized spacial score (nSPS) is 19.4. The first-order valence-electron chi connectivity index (χ1n) is 5.86. The van der Waals surface area contributed by atoms with E-state index in [4.69, 9.17) is 4.74 Å². The Balaban J connectivity index is 2.18. The van der Waals surface area contributed by atoms with Crippen molar-refractivity contribution in [2.45, 2.75) is 26.2 Å². The molecule has 2 rings (SSSR count). The van der Waals surface area contributed by atoms with Crippen LogP contribution < -0.4 is 0 Å². The number of hydrogen-bond donors (Lipinski definition) is 0. The molecule has 1 aromatic rings. The van der Waals surface area contributed by atoms with E-state index < -0.39 is 0 Å². The SMILES string of the molecule is CCOC(=O)C1CCc2ncccc2C(=O)C1. The fourth-order valence-corrected chi connectivity index (χ4v) is 2.10. The summed E-state index contributed by atoms with van der Waals surface area (Å²) < 4.78 is 4.97. The number of aromatic nitrogens is 1. The van der Waals surface area contributed by atoms with E-state index in [1.807, 2.05) is 0 Å². The van der Waals surface area contributed by atoms with Crippen LogP contribution in [0, 0.1) is 5.92 Å². The molecule has 0 saturated carbocycles. The van der Waals surface area contributed by atoms with Gasteiger partial charge in [-0.25, -0.2) is 0 Å². The number of rotatable bonds is 2. The number of aryl methyl sites for hydroxylation is 1. The standard InChI is InChI=1S/C13H15NO3/c1-2-17-13(16)9-5-6-11-10(12(15)8-9)4-3-7-14-11/h3-4,7,9H,2,5-6,8H2,1H3. The summed E-state index contributed by atoms with van der Waals surface area (Å²) in [6.45, 7) is 2.13. The van der Waals surface area contributed by atoms with Gasteiger partial charge in [0.15, 0.2) is 5.78 Å². The molecule has 17 heavy (non-hydrogen) atoms. The molecule has 1 aliphatic carbocycles. The van der Waals surface area contributed by atoms with Gasteiger partial charge in [0.2, 0.25) is 0 Å². The van der Waals surface area contributed by atoms with E-state index >= 15 is 0 Å². The quantitative estimate of drug-likeness (QED) is 0.577. The van der Waals surface area contributed by atoms with Crippen LogP contribution in [0.5, 0.6) is 0 Å². The maximum absolute atomic E-state index is 12.0. The smallest absolute Gasteiger partial charge is 0.309 e. The van der Waals surface area contributed by atoms with Gasteiger partial charge in [0.25, 0.3) is 0 Å². The average molecular weight is 233 g/mol. The maximum atomic E-state index is 12.0. The Kier molecular flexibility index (Phi) is 3.52. The van der Waals surface area contributed by atoms with Gasteiger partial charge in [0.05, 0.1) is 18.2 Å². The predicted octanol–water partition coefficient (Wildman–Crippen LogP) is 1.78. The molecule has 1 heterocycles. The second kappa shape index (κ2) is 5.08. The third kappa shape index (κ3) is 2.52. The molecular weight excluding hydrogens is 218 g/mol. The summed E-state index contributed by atoms with van der Waals surface area (Å²) >= 11 is 0. The van der Waals surface area contributed by atoms with E-state index in [2.05, 4.69) is 4.98 Å². The molecule has 0 radical (unpaired) electrons. The number of fused-ring (bicyclic) bond motifs is 1. The highest BCUT2D eigenvalue weighted by atomic mass is 16.5. The Morgan fingerprint density at radius 1 is 1.59 bits per heavy atom. The monoisotopic (exact) mass is 233 g/mol. The second-order valence-corrected chi connectivity index (χ2v) is 4.11. The molecule has 0 N–H and O–H groups in total. The zero-order valence-electron chi connectivity index (χ0n) is 9.81. The number of carbonyl (C=O) groups excluding carboxylic acids is 2. The molecule has 4 nitrogen and oxygen atoms in total. The van der Waals surface area contributed by atoms with Crippen molar-refractivity contribution in [3.05, 3.63) is 29.6 Å². The summed E-state index contributed by atoms with van der Waals surface area (Å²) in [5.74, 6) is -0.603. The highest BCUT2D eigenvalue weighted by Gasteiger charge is 2.28. The Morgan fingerprint density at radius 2 is 2.41 bits per heavy atom. The molecule has 1 aromatic heterocycles. The first-order valence-corrected chi connectivity index (χ1v) is 5.86. The molecule has 90 valence electrons. The van der Waals surface area contributed by atoms with Crippen molar-refractivity contribution < 1.29 is 14.3 Å². The number of hydrogen-bond acceptors (Lipinski definition) is 4. The van der Waals surface area contributed by atoms with Crippen molar-refractivity contribution in [3.63, 3.8) is 0 Å². The molecule has 0 saturated heterocycles. The third-order valence-corrected chi connectivity index (χ3v) is 2.97. The van der Waals surface area contributed by atoms with Crippen molar-refractivity contribution in [2.75, 3.05) is 6.61 Å². The fraction of sp³-hybridized carbons (Fsp3) is 0.462. The number of ketones is 1. The predicted molar refractivity (Wildman–Crippen MR) is 61.6 cm³/mol. The summed E-state index contributed by atoms with van der Waals surface area (Å²) in [7, 11) is 0. The number of carbonyl (C=O) groups is 2. The van der Waals surface area contributed by atoms with Crippen LogP contribution in [0.4, 0.5) is 0 Å². The van der Waals surface area contributed by atoms with Crippen LogP contribution in [0.3, 0.4) is 0 Å². The van der Waals surface area contributed by atoms with Gasteiger partial charge in [-0.2, -0.15) is 0 Å². The zero-order valence-corrected chi connectivity index (χ0v) is 9.81. The molecule has 0 bridgehead atoms. The lowest BCUT2D eigenvalue weighted by molar-refractivity contribution is -0.148. The van der Waals surface area contributed by atoms with Crippen LogP contribution in [-0.2, 0) is 16.0 Å². The first-order chi connectivity index (χ1) is 8.22. The molecule has 0 fully saturated rings. The van der Waals surface area contributed by atoms with Crippen molar-refractivity contribution >= 4 is 11.8 Å². The van der Waals surface area contributed by atoms with E-state index in [-0.39, 0.29) is 24.1 Å². The molecule has 4 heteroatoms. The lowest BCUT2D eigenvalue weighted by atomic mass is 9.99. The van der Waals surface area contributed by atoms with E-state index in [1.54, 1.807) is 25.3 Å². The van der Waals surface area contributed by atoms with Crippen molar-refractivity contribution in [1.82, 2.24) is 4.98 Å². The molecule has 0 amide bonds. The minimum atomic E-state index is -0.323. The summed E-state index contributed by atoms with van der Waals surface area (Å²) in [6.07, 6.45) is 3.20. The largest absolute Gasteiger partial charge is 0.466 e. The highest BCUT2D eigenvalue weighted by Crippen LogP contribution is 2.24. The van der Waals surface area contributed by atoms with E-state index in [0.29, 0.717) is 25.0 Å². The number of Topliss-reactive ketones (excluding diaryl/α,β-unsaturated/α-hetero) is 1. The first kappa shape index (κ1) is 11.8. The van der Waals surface area contributed by atoms with Gasteiger partial charge >= 0.3 is 5.97 Å². The molecule has 0 aromatic carbocycles. The zero-order chi connectivity index (χ0) is 12.3. The summed E-state index contributed by atoms with van der Waals surface area (Å²) in [5.41, 5.74) is 1.45. The van der Waals surface area contributed by atoms with Crippen LogP contribution in [0.15, 0.2) is 18.3 Å². The van der Waals surface area contributed by atoms with Gasteiger partial charge in [0.1, 0.15) is 0 Å². The highest BCUT2D eigenvalue weighted by molar-refractivity contribution is 5.99. The van der Waals surface area contributed by atoms with E-state index in [1.165, 1.54) is 0 Å². The topological polar surface area (TPSA) is 56.3 Å². The minimum absolute atomic E-state index is 0.0105. The number of esters is 1. The van der Waals surface area contributed by atoms with Crippen LogP contribution in [0.1, 0.15) is 35.8 Å². The van der Waals surface area contributed by atoms with Gasteiger partial charge < -0.3 is 4.74 Å². The van der Waals surface area contributed by atoms with Crippen LogP contribution in [-0.4, -0.2) is 23.3 Å². The van der Waals surface area contributed by atoms with Crippen molar-refractivity contribution in [2.24, 2.45) is 5.92 Å². The van der Waals surface area contributed by atoms with E-state index in [9.17, 15) is 9.59 Å². The maximum Gasteiger partial charge on any atom is 0.309 e. The van der Waals surface area contributed by atoms with Gasteiger partial charge in [-0.15, -0.1) is 0 Å². The fourth-order valence-electron chi connectivity index (χ4n) is 2.10. The Hall–Kier alpha value is -1.71. The van der Waals surface area contributed by atoms with Gasteiger partial charge in [-0.05, 0) is 31.9 Å². The Labute approximate surface area is 100 Å². The number of nitrogens with zero attached hydrogens (tertiary/aromatic N) is 1. The van der Waals surface area contributed by atoms with E-state index in [0.717, 1.165) is 5.69 Å². The Bertz CT molecular complexity index is 442. The van der Waals surface area contributed by atoms with Gasteiger partial charge in [-0.3, -0.25) is 14.6 Å². The molecule has 1 aliphatic rings. The lowest BCUT2D eigenvalue weighted by Gasteiger charge is -2.10. The number of ether oxygens (including phenoxy) is 1. The molecule has 0 spiro atoms. The lowest BCUT2D eigenvalue weighted by Crippen LogP contribution is -2.19.